The van der Waals surface area contributed by atoms with E-state index in [0.29, 0.717) is 21.9 Å². The van der Waals surface area contributed by atoms with Gasteiger partial charge < -0.3 is 9.84 Å². The van der Waals surface area contributed by atoms with Crippen molar-refractivity contribution < 1.29 is 14.2 Å². The molecule has 0 bridgehead atoms. The van der Waals surface area contributed by atoms with Crippen LogP contribution in [0.3, 0.4) is 0 Å². The number of aryl methyl sites for hydroxylation is 1. The van der Waals surface area contributed by atoms with Crippen molar-refractivity contribution in [1.82, 2.24) is 0 Å². The summed E-state index contributed by atoms with van der Waals surface area (Å²) in [6, 6.07) is 9.73. The standard InChI is InChI=1S/C16H16ClFO2/c1-10-3-5-14(11(2)19)16(7-10)20-9-12-8-13(18)4-6-15(12)17/h3-8,11,19H,9H2,1-2H3. The van der Waals surface area contributed by atoms with Crippen LogP contribution in [0.1, 0.15) is 29.7 Å². The van der Waals surface area contributed by atoms with Crippen molar-refractivity contribution in [3.63, 3.8) is 0 Å². The minimum atomic E-state index is -0.631. The quantitative estimate of drug-likeness (QED) is 0.904. The molecule has 0 radical (unpaired) electrons. The van der Waals surface area contributed by atoms with Crippen LogP contribution in [-0.4, -0.2) is 5.11 Å². The lowest BCUT2D eigenvalue weighted by Crippen LogP contribution is -2.02. The van der Waals surface area contributed by atoms with Gasteiger partial charge in [0.05, 0.1) is 6.10 Å². The van der Waals surface area contributed by atoms with Gasteiger partial charge in [-0.3, -0.25) is 0 Å². The molecule has 106 valence electrons. The Bertz CT molecular complexity index is 611. The normalized spacial score (nSPS) is 12.2. The second-order valence-electron chi connectivity index (χ2n) is 4.74. The van der Waals surface area contributed by atoms with Crippen molar-refractivity contribution >= 4 is 11.6 Å². The molecular formula is C16H16ClFO2. The first-order valence-corrected chi connectivity index (χ1v) is 6.70. The maximum absolute atomic E-state index is 13.2. The summed E-state index contributed by atoms with van der Waals surface area (Å²) in [6.45, 7) is 3.76. The minimum absolute atomic E-state index is 0.153. The highest BCUT2D eigenvalue weighted by Gasteiger charge is 2.10. The lowest BCUT2D eigenvalue weighted by molar-refractivity contribution is 0.190. The van der Waals surface area contributed by atoms with Gasteiger partial charge in [-0.05, 0) is 43.7 Å². The molecule has 0 saturated heterocycles. The Labute approximate surface area is 122 Å². The van der Waals surface area contributed by atoms with Gasteiger partial charge in [0.2, 0.25) is 0 Å². The fourth-order valence-electron chi connectivity index (χ4n) is 1.92. The first-order valence-electron chi connectivity index (χ1n) is 6.32. The first kappa shape index (κ1) is 14.8. The van der Waals surface area contributed by atoms with Crippen LogP contribution >= 0.6 is 11.6 Å². The Morgan fingerprint density at radius 2 is 2.00 bits per heavy atom. The van der Waals surface area contributed by atoms with Gasteiger partial charge in [-0.25, -0.2) is 4.39 Å². The van der Waals surface area contributed by atoms with Crippen molar-refractivity contribution in [2.75, 3.05) is 0 Å². The van der Waals surface area contributed by atoms with Gasteiger partial charge >= 0.3 is 0 Å². The molecule has 2 aromatic rings. The molecule has 0 heterocycles. The lowest BCUT2D eigenvalue weighted by atomic mass is 10.1. The van der Waals surface area contributed by atoms with Gasteiger partial charge in [0.1, 0.15) is 18.2 Å². The topological polar surface area (TPSA) is 29.5 Å². The second kappa shape index (κ2) is 6.25. The van der Waals surface area contributed by atoms with Crippen LogP contribution in [-0.2, 0) is 6.61 Å². The molecule has 4 heteroatoms. The summed E-state index contributed by atoms with van der Waals surface area (Å²) in [6.07, 6.45) is -0.631. The van der Waals surface area contributed by atoms with Gasteiger partial charge in [0.25, 0.3) is 0 Å². The van der Waals surface area contributed by atoms with Crippen LogP contribution in [0.25, 0.3) is 0 Å². The van der Waals surface area contributed by atoms with E-state index >= 15 is 0 Å². The molecule has 1 N–H and O–H groups in total. The predicted molar refractivity (Wildman–Crippen MR) is 77.6 cm³/mol. The molecule has 2 rings (SSSR count). The molecule has 0 spiro atoms. The number of halogens is 2. The van der Waals surface area contributed by atoms with E-state index in [2.05, 4.69) is 0 Å². The van der Waals surface area contributed by atoms with E-state index in [0.717, 1.165) is 5.56 Å². The maximum atomic E-state index is 13.2. The highest BCUT2D eigenvalue weighted by molar-refractivity contribution is 6.31. The van der Waals surface area contributed by atoms with E-state index in [1.807, 2.05) is 25.1 Å². The fraction of sp³-hybridized carbons (Fsp3) is 0.250. The molecular weight excluding hydrogens is 279 g/mol. The number of hydrogen-bond donors (Lipinski definition) is 1. The average molecular weight is 295 g/mol. The molecule has 0 saturated carbocycles. The van der Waals surface area contributed by atoms with Gasteiger partial charge in [0.15, 0.2) is 0 Å². The Kier molecular flexibility index (Phi) is 4.63. The van der Waals surface area contributed by atoms with Gasteiger partial charge in [-0.15, -0.1) is 0 Å². The summed E-state index contributed by atoms with van der Waals surface area (Å²) in [5.74, 6) is 0.230. The number of aliphatic hydroxyl groups excluding tert-OH is 1. The van der Waals surface area contributed by atoms with Crippen molar-refractivity contribution in [3.8, 4) is 5.75 Å². The summed E-state index contributed by atoms with van der Waals surface area (Å²) in [5.41, 5.74) is 2.29. The summed E-state index contributed by atoms with van der Waals surface area (Å²) >= 11 is 6.00. The third-order valence-corrected chi connectivity index (χ3v) is 3.38. The molecule has 20 heavy (non-hydrogen) atoms. The minimum Gasteiger partial charge on any atom is -0.488 e. The van der Waals surface area contributed by atoms with Gasteiger partial charge in [-0.2, -0.15) is 0 Å². The van der Waals surface area contributed by atoms with Crippen molar-refractivity contribution in [2.45, 2.75) is 26.6 Å². The van der Waals surface area contributed by atoms with Crippen LogP contribution in [0.4, 0.5) is 4.39 Å². The molecule has 2 nitrogen and oxygen atoms in total. The predicted octanol–water partition coefficient (Wildman–Crippen LogP) is 4.42. The number of aliphatic hydroxyl groups is 1. The molecule has 1 atom stereocenters. The first-order chi connectivity index (χ1) is 9.47. The van der Waals surface area contributed by atoms with E-state index in [9.17, 15) is 9.50 Å². The SMILES string of the molecule is Cc1ccc(C(C)O)c(OCc2cc(F)ccc2Cl)c1. The summed E-state index contributed by atoms with van der Waals surface area (Å²) in [5, 5.41) is 10.2. The van der Waals surface area contributed by atoms with Crippen LogP contribution in [0.2, 0.25) is 5.02 Å². The number of ether oxygens (including phenoxy) is 1. The Balaban J connectivity index is 2.22. The number of rotatable bonds is 4. The molecule has 0 aliphatic carbocycles. The third-order valence-electron chi connectivity index (χ3n) is 3.01. The number of benzene rings is 2. The maximum Gasteiger partial charge on any atom is 0.125 e. The molecule has 0 aliphatic heterocycles. The Morgan fingerprint density at radius 3 is 2.70 bits per heavy atom. The van der Waals surface area contributed by atoms with Crippen LogP contribution < -0.4 is 4.74 Å². The van der Waals surface area contributed by atoms with Crippen molar-refractivity contribution in [2.24, 2.45) is 0 Å². The van der Waals surface area contributed by atoms with E-state index in [4.69, 9.17) is 16.3 Å². The zero-order valence-electron chi connectivity index (χ0n) is 11.4. The van der Waals surface area contributed by atoms with E-state index in [-0.39, 0.29) is 12.4 Å². The van der Waals surface area contributed by atoms with Crippen molar-refractivity contribution in [3.05, 3.63) is 63.9 Å². The van der Waals surface area contributed by atoms with Gasteiger partial charge in [0, 0.05) is 16.1 Å². The highest BCUT2D eigenvalue weighted by atomic mass is 35.5. The molecule has 2 aromatic carbocycles. The average Bonchev–Trinajstić information content (AvgIpc) is 2.39. The molecule has 0 fully saturated rings. The van der Waals surface area contributed by atoms with E-state index in [1.54, 1.807) is 6.92 Å². The molecule has 1 unspecified atom stereocenters. The largest absolute Gasteiger partial charge is 0.488 e. The third kappa shape index (κ3) is 3.50. The molecule has 0 aromatic heterocycles. The zero-order chi connectivity index (χ0) is 14.7. The second-order valence-corrected chi connectivity index (χ2v) is 5.15. The molecule has 0 aliphatic rings. The smallest absolute Gasteiger partial charge is 0.125 e. The molecule has 0 amide bonds. The van der Waals surface area contributed by atoms with Crippen LogP contribution in [0, 0.1) is 12.7 Å². The summed E-state index contributed by atoms with van der Waals surface area (Å²) < 4.78 is 18.9. The summed E-state index contributed by atoms with van der Waals surface area (Å²) in [4.78, 5) is 0. The summed E-state index contributed by atoms with van der Waals surface area (Å²) in [7, 11) is 0. The van der Waals surface area contributed by atoms with E-state index < -0.39 is 6.10 Å². The van der Waals surface area contributed by atoms with Crippen LogP contribution in [0.15, 0.2) is 36.4 Å². The number of hydrogen-bond acceptors (Lipinski definition) is 2. The van der Waals surface area contributed by atoms with Gasteiger partial charge in [-0.1, -0.05) is 23.7 Å². The fourth-order valence-corrected chi connectivity index (χ4v) is 2.09. The lowest BCUT2D eigenvalue weighted by Gasteiger charge is -2.15. The highest BCUT2D eigenvalue weighted by Crippen LogP contribution is 2.28. The Hall–Kier alpha value is -1.58. The monoisotopic (exact) mass is 294 g/mol. The van der Waals surface area contributed by atoms with E-state index in [1.165, 1.54) is 18.2 Å². The van der Waals surface area contributed by atoms with Crippen LogP contribution in [0.5, 0.6) is 5.75 Å². The zero-order valence-corrected chi connectivity index (χ0v) is 12.1. The van der Waals surface area contributed by atoms with Crippen molar-refractivity contribution in [1.29, 1.82) is 0 Å². The Morgan fingerprint density at radius 1 is 1.25 bits per heavy atom.